The van der Waals surface area contributed by atoms with E-state index in [1.165, 1.54) is 0 Å². The molecular weight excluding hydrogens is 470 g/mol. The molecule has 1 aromatic carbocycles. The van der Waals surface area contributed by atoms with Gasteiger partial charge in [-0.25, -0.2) is 8.78 Å². The molecule has 3 amide bonds. The van der Waals surface area contributed by atoms with E-state index in [2.05, 4.69) is 10.6 Å². The fourth-order valence-electron chi connectivity index (χ4n) is 5.61. The van der Waals surface area contributed by atoms with Crippen LogP contribution in [-0.2, 0) is 25.1 Å². The lowest BCUT2D eigenvalue weighted by molar-refractivity contribution is -0.162. The van der Waals surface area contributed by atoms with Gasteiger partial charge in [-0.3, -0.25) is 19.2 Å². The number of Topliss-reactive ketones (excluding diaryl/α,β-unsaturated/α-hetero) is 1. The molecule has 5 atom stereocenters. The van der Waals surface area contributed by atoms with E-state index < -0.39 is 65.5 Å². The van der Waals surface area contributed by atoms with Crippen molar-refractivity contribution in [1.29, 1.82) is 0 Å². The Morgan fingerprint density at radius 1 is 1.20 bits per heavy atom. The highest BCUT2D eigenvalue weighted by molar-refractivity contribution is 5.95. The lowest BCUT2D eigenvalue weighted by Gasteiger charge is -2.31. The summed E-state index contributed by atoms with van der Waals surface area (Å²) in [6, 6.07) is 0.972. The molecule has 2 heterocycles. The van der Waals surface area contributed by atoms with Gasteiger partial charge in [0.2, 0.25) is 11.8 Å². The predicted octanol–water partition coefficient (Wildman–Crippen LogP) is 2.09. The number of nitrogens with one attached hydrogen (secondary N) is 2. The third kappa shape index (κ3) is 4.90. The Kier molecular flexibility index (Phi) is 7.14. The van der Waals surface area contributed by atoms with Gasteiger partial charge in [0.15, 0.2) is 5.78 Å². The lowest BCUT2D eigenvalue weighted by atomic mass is 9.92. The van der Waals surface area contributed by atoms with Crippen LogP contribution in [0.2, 0.25) is 0 Å². The molecular formula is C24H27F4N3O4. The third-order valence-electron chi connectivity index (χ3n) is 7.40. The molecule has 2 aliphatic heterocycles. The zero-order valence-electron chi connectivity index (χ0n) is 18.9. The summed E-state index contributed by atoms with van der Waals surface area (Å²) in [7, 11) is 0. The predicted molar refractivity (Wildman–Crippen MR) is 115 cm³/mol. The van der Waals surface area contributed by atoms with E-state index in [0.29, 0.717) is 31.9 Å². The number of ketones is 1. The van der Waals surface area contributed by atoms with E-state index in [4.69, 9.17) is 0 Å². The Morgan fingerprint density at radius 2 is 1.97 bits per heavy atom. The number of nitrogens with zero attached hydrogens (tertiary/aromatic N) is 1. The second-order valence-electron chi connectivity index (χ2n) is 9.52. The molecule has 2 N–H and O–H groups in total. The average molecular weight is 497 g/mol. The first kappa shape index (κ1) is 25.1. The van der Waals surface area contributed by atoms with Crippen LogP contribution < -0.4 is 10.6 Å². The number of rotatable bonds is 8. The van der Waals surface area contributed by atoms with Crippen molar-refractivity contribution >= 4 is 23.5 Å². The Morgan fingerprint density at radius 3 is 2.63 bits per heavy atom. The van der Waals surface area contributed by atoms with Gasteiger partial charge in [0, 0.05) is 24.6 Å². The highest BCUT2D eigenvalue weighted by Crippen LogP contribution is 2.44. The summed E-state index contributed by atoms with van der Waals surface area (Å²) >= 11 is 0. The SMILES string of the molecule is O=C1NCC[C@@H]1C[C@H](NC(=O)[C@H]1[C@H]2CCC[C@H]2CN1C(=O)C(F)(F)c1cccc(F)c1)C(=O)CF. The van der Waals surface area contributed by atoms with E-state index in [1.807, 2.05) is 0 Å². The number of fused-ring (bicyclic) bond motifs is 1. The second-order valence-corrected chi connectivity index (χ2v) is 9.52. The standard InChI is InChI=1S/C24H27F4N3O4/c25-11-19(32)18(9-13-7-8-29-21(13)33)30-22(34)20-17-6-1-3-14(17)12-31(20)23(35)24(27,28)15-4-2-5-16(26)10-15/h2,4-5,10,13-14,17-18,20H,1,3,6-9,11-12H2,(H,29,33)(H,30,34)/t13-,14+,17+,18+,20-/m1/s1. The molecule has 7 nitrogen and oxygen atoms in total. The molecule has 11 heteroatoms. The van der Waals surface area contributed by atoms with Crippen LogP contribution >= 0.6 is 0 Å². The van der Waals surface area contributed by atoms with Crippen molar-refractivity contribution in [3.05, 3.63) is 35.6 Å². The van der Waals surface area contributed by atoms with Gasteiger partial charge in [-0.15, -0.1) is 0 Å². The van der Waals surface area contributed by atoms with Crippen LogP contribution in [0.15, 0.2) is 24.3 Å². The van der Waals surface area contributed by atoms with Crippen molar-refractivity contribution in [2.24, 2.45) is 17.8 Å². The minimum Gasteiger partial charge on any atom is -0.356 e. The summed E-state index contributed by atoms with van der Waals surface area (Å²) < 4.78 is 57.0. The van der Waals surface area contributed by atoms with Gasteiger partial charge in [0.05, 0.1) is 6.04 Å². The van der Waals surface area contributed by atoms with Gasteiger partial charge < -0.3 is 15.5 Å². The quantitative estimate of drug-likeness (QED) is 0.538. The maximum absolute atomic E-state index is 15.1. The fourth-order valence-corrected chi connectivity index (χ4v) is 5.61. The number of amides is 3. The van der Waals surface area contributed by atoms with Gasteiger partial charge in [0.25, 0.3) is 5.91 Å². The van der Waals surface area contributed by atoms with Crippen LogP contribution in [0, 0.1) is 23.6 Å². The zero-order valence-corrected chi connectivity index (χ0v) is 18.9. The fraction of sp³-hybridized carbons (Fsp3) is 0.583. The Labute approximate surface area is 199 Å². The van der Waals surface area contributed by atoms with Gasteiger partial charge in [-0.2, -0.15) is 8.78 Å². The molecule has 1 aromatic rings. The Balaban J connectivity index is 1.57. The summed E-state index contributed by atoms with van der Waals surface area (Å²) in [4.78, 5) is 51.3. The van der Waals surface area contributed by atoms with Crippen molar-refractivity contribution in [3.8, 4) is 0 Å². The van der Waals surface area contributed by atoms with Gasteiger partial charge in [0.1, 0.15) is 18.5 Å². The molecule has 1 aliphatic carbocycles. The summed E-state index contributed by atoms with van der Waals surface area (Å²) in [6.07, 6.45) is 2.25. The van der Waals surface area contributed by atoms with E-state index >= 15 is 8.78 Å². The van der Waals surface area contributed by atoms with Crippen molar-refractivity contribution < 1.29 is 36.7 Å². The molecule has 1 saturated carbocycles. The number of halogens is 4. The molecule has 3 fully saturated rings. The van der Waals surface area contributed by atoms with Gasteiger partial charge >= 0.3 is 5.92 Å². The van der Waals surface area contributed by atoms with Crippen LogP contribution in [0.4, 0.5) is 17.6 Å². The number of hydrogen-bond donors (Lipinski definition) is 2. The van der Waals surface area contributed by atoms with Crippen LogP contribution in [0.25, 0.3) is 0 Å². The largest absolute Gasteiger partial charge is 0.356 e. The van der Waals surface area contributed by atoms with Crippen molar-refractivity contribution in [2.45, 2.75) is 50.1 Å². The molecule has 0 aromatic heterocycles. The normalized spacial score (nSPS) is 26.9. The number of carbonyl (C=O) groups is 4. The van der Waals surface area contributed by atoms with Crippen molar-refractivity contribution in [2.75, 3.05) is 19.8 Å². The summed E-state index contributed by atoms with van der Waals surface area (Å²) in [6.45, 7) is -1.03. The average Bonchev–Trinajstić information content (AvgIpc) is 3.53. The minimum absolute atomic E-state index is 0.0702. The van der Waals surface area contributed by atoms with Crippen LogP contribution in [0.3, 0.4) is 0 Å². The molecule has 190 valence electrons. The molecule has 0 unspecified atom stereocenters. The number of benzene rings is 1. The molecule has 0 radical (unpaired) electrons. The monoisotopic (exact) mass is 497 g/mol. The molecule has 0 spiro atoms. The van der Waals surface area contributed by atoms with Crippen LogP contribution in [-0.4, -0.2) is 60.3 Å². The van der Waals surface area contributed by atoms with Crippen molar-refractivity contribution in [3.63, 3.8) is 0 Å². The molecule has 4 rings (SSSR count). The molecule has 0 bridgehead atoms. The van der Waals surface area contributed by atoms with Gasteiger partial charge in [-0.1, -0.05) is 18.6 Å². The van der Waals surface area contributed by atoms with E-state index in [-0.39, 0.29) is 24.8 Å². The number of likely N-dealkylation sites (tertiary alicyclic amines) is 1. The second kappa shape index (κ2) is 9.94. The molecule has 3 aliphatic rings. The topological polar surface area (TPSA) is 95.6 Å². The smallest absolute Gasteiger partial charge is 0.350 e. The van der Waals surface area contributed by atoms with E-state index in [1.54, 1.807) is 0 Å². The minimum atomic E-state index is -4.07. The maximum atomic E-state index is 15.1. The summed E-state index contributed by atoms with van der Waals surface area (Å²) in [5.74, 6) is -9.84. The van der Waals surface area contributed by atoms with E-state index in [9.17, 15) is 28.0 Å². The highest BCUT2D eigenvalue weighted by Gasteiger charge is 2.55. The number of carbonyl (C=O) groups excluding carboxylic acids is 4. The maximum Gasteiger partial charge on any atom is 0.350 e. The first-order valence-electron chi connectivity index (χ1n) is 11.7. The Bertz CT molecular complexity index is 1020. The first-order valence-corrected chi connectivity index (χ1v) is 11.7. The summed E-state index contributed by atoms with van der Waals surface area (Å²) in [5, 5.41) is 5.06. The lowest BCUT2D eigenvalue weighted by Crippen LogP contribution is -2.55. The van der Waals surface area contributed by atoms with Crippen LogP contribution in [0.1, 0.15) is 37.7 Å². The Hall–Kier alpha value is -2.98. The third-order valence-corrected chi connectivity index (χ3v) is 7.40. The number of alkyl halides is 3. The zero-order chi connectivity index (χ0) is 25.3. The first-order chi connectivity index (χ1) is 16.6. The van der Waals surface area contributed by atoms with Gasteiger partial charge in [-0.05, 0) is 49.7 Å². The molecule has 2 saturated heterocycles. The number of hydrogen-bond acceptors (Lipinski definition) is 4. The molecule has 35 heavy (non-hydrogen) atoms. The highest BCUT2D eigenvalue weighted by atomic mass is 19.3. The van der Waals surface area contributed by atoms with Crippen molar-refractivity contribution in [1.82, 2.24) is 15.5 Å². The van der Waals surface area contributed by atoms with E-state index in [0.717, 1.165) is 29.5 Å². The summed E-state index contributed by atoms with van der Waals surface area (Å²) in [5.41, 5.74) is -0.823. The van der Waals surface area contributed by atoms with Crippen LogP contribution in [0.5, 0.6) is 0 Å².